The Hall–Kier alpha value is -2.56. The monoisotopic (exact) mass is 476 g/mol. The van der Waals surface area contributed by atoms with Gasteiger partial charge in [-0.1, -0.05) is 6.07 Å². The molecular formula is C20H25BrN6O3. The summed E-state index contributed by atoms with van der Waals surface area (Å²) >= 11 is 3.35. The number of ether oxygens (including phenoxy) is 1. The second-order valence-electron chi connectivity index (χ2n) is 6.83. The van der Waals surface area contributed by atoms with Crippen LogP contribution < -0.4 is 20.3 Å². The van der Waals surface area contributed by atoms with Crippen molar-refractivity contribution in [1.29, 1.82) is 0 Å². The Morgan fingerprint density at radius 3 is 2.50 bits per heavy atom. The normalized spacial score (nSPS) is 17.1. The highest BCUT2D eigenvalue weighted by molar-refractivity contribution is 9.10. The number of carbonyl (C=O) groups is 2. The molecule has 0 saturated carbocycles. The number of nitrogens with zero attached hydrogens (tertiary/aromatic N) is 4. The fourth-order valence-corrected chi connectivity index (χ4v) is 3.30. The van der Waals surface area contributed by atoms with E-state index in [0.29, 0.717) is 37.9 Å². The average Bonchev–Trinajstić information content (AvgIpc) is 2.76. The Bertz CT molecular complexity index is 839. The van der Waals surface area contributed by atoms with Gasteiger partial charge in [-0.25, -0.2) is 9.97 Å². The minimum Gasteiger partial charge on any atom is -0.481 e. The van der Waals surface area contributed by atoms with E-state index in [0.717, 1.165) is 29.7 Å². The molecule has 0 aliphatic carbocycles. The average molecular weight is 477 g/mol. The molecule has 2 amide bonds. The molecule has 2 aromatic heterocycles. The summed E-state index contributed by atoms with van der Waals surface area (Å²) in [7, 11) is 1.59. The smallest absolute Gasteiger partial charge is 0.242 e. The molecule has 2 saturated heterocycles. The summed E-state index contributed by atoms with van der Waals surface area (Å²) in [6, 6.07) is 7.55. The van der Waals surface area contributed by atoms with Crippen molar-refractivity contribution in [3.8, 4) is 5.88 Å². The van der Waals surface area contributed by atoms with E-state index < -0.39 is 0 Å². The van der Waals surface area contributed by atoms with E-state index in [4.69, 9.17) is 4.74 Å². The third-order valence-corrected chi connectivity index (χ3v) is 5.08. The molecular weight excluding hydrogens is 452 g/mol. The first-order chi connectivity index (χ1) is 14.5. The number of halogens is 1. The van der Waals surface area contributed by atoms with Crippen LogP contribution in [0.25, 0.3) is 0 Å². The number of methoxy groups -OCH3 is 1. The summed E-state index contributed by atoms with van der Waals surface area (Å²) in [6.45, 7) is 4.69. The third kappa shape index (κ3) is 6.48. The molecule has 0 bridgehead atoms. The molecule has 2 aromatic rings. The van der Waals surface area contributed by atoms with Crippen molar-refractivity contribution in [2.75, 3.05) is 51.3 Å². The highest BCUT2D eigenvalue weighted by atomic mass is 79.9. The van der Waals surface area contributed by atoms with Gasteiger partial charge in [-0.3, -0.25) is 19.4 Å². The molecule has 10 heteroatoms. The summed E-state index contributed by atoms with van der Waals surface area (Å²) in [5, 5.41) is 5.60. The van der Waals surface area contributed by atoms with Crippen molar-refractivity contribution in [3.05, 3.63) is 46.7 Å². The Kier molecular flexibility index (Phi) is 8.12. The molecule has 0 atom stereocenters. The molecule has 2 fully saturated rings. The molecule has 4 heterocycles. The van der Waals surface area contributed by atoms with E-state index in [1.807, 2.05) is 24.3 Å². The fraction of sp³-hybridized carbons (Fsp3) is 0.400. The Morgan fingerprint density at radius 2 is 1.97 bits per heavy atom. The zero-order chi connectivity index (χ0) is 21.3. The number of hydrogen-bond acceptors (Lipinski definition) is 7. The van der Waals surface area contributed by atoms with Crippen molar-refractivity contribution in [2.24, 2.45) is 0 Å². The van der Waals surface area contributed by atoms with Crippen molar-refractivity contribution < 1.29 is 14.3 Å². The first-order valence-corrected chi connectivity index (χ1v) is 10.4. The maximum Gasteiger partial charge on any atom is 0.242 e. The van der Waals surface area contributed by atoms with Crippen LogP contribution in [0.3, 0.4) is 0 Å². The number of piperazine rings is 2. The lowest BCUT2D eigenvalue weighted by molar-refractivity contribution is -0.122. The van der Waals surface area contributed by atoms with Gasteiger partial charge in [0.25, 0.3) is 0 Å². The molecule has 0 radical (unpaired) electrons. The lowest BCUT2D eigenvalue weighted by Crippen LogP contribution is -2.50. The van der Waals surface area contributed by atoms with Gasteiger partial charge >= 0.3 is 0 Å². The predicted octanol–water partition coefficient (Wildman–Crippen LogP) is 0.802. The van der Waals surface area contributed by atoms with Gasteiger partial charge in [0.2, 0.25) is 17.7 Å². The maximum absolute atomic E-state index is 12.4. The summed E-state index contributed by atoms with van der Waals surface area (Å²) < 4.78 is 5.95. The van der Waals surface area contributed by atoms with Crippen LogP contribution >= 0.6 is 15.9 Å². The van der Waals surface area contributed by atoms with Crippen LogP contribution in [0.4, 0.5) is 5.82 Å². The molecule has 0 aromatic carbocycles. The lowest BCUT2D eigenvalue weighted by atomic mass is 10.2. The summed E-state index contributed by atoms with van der Waals surface area (Å²) in [6.07, 6.45) is 3.49. The second kappa shape index (κ2) is 11.0. The van der Waals surface area contributed by atoms with E-state index >= 15 is 0 Å². The van der Waals surface area contributed by atoms with E-state index in [1.165, 1.54) is 0 Å². The Balaban J connectivity index is 0.000000310. The van der Waals surface area contributed by atoms with Gasteiger partial charge in [0.15, 0.2) is 0 Å². The van der Waals surface area contributed by atoms with Gasteiger partial charge in [-0.15, -0.1) is 0 Å². The first-order valence-electron chi connectivity index (χ1n) is 9.66. The van der Waals surface area contributed by atoms with Crippen LogP contribution in [0.15, 0.2) is 41.1 Å². The number of hydrogen-bond donors (Lipinski definition) is 2. The molecule has 4 rings (SSSR count). The van der Waals surface area contributed by atoms with Crippen molar-refractivity contribution >= 4 is 33.6 Å². The SMILES string of the molecule is COc1ccc(CN2CCN(c3ccc(Br)cn3)C(=O)C2)cn1.O=C1CNCCN1. The standard InChI is InChI=1S/C16H17BrN4O2.C4H8N2O/c1-23-15-5-2-12(8-19-15)10-20-6-7-21(16(22)11-20)14-4-3-13(17)9-18-14;7-4-3-5-1-2-6-4/h2-5,8-9H,6-7,10-11H2,1H3;5H,1-3H2,(H,6,7). The number of nitrogens with one attached hydrogen (secondary N) is 2. The van der Waals surface area contributed by atoms with Crippen molar-refractivity contribution in [1.82, 2.24) is 25.5 Å². The zero-order valence-electron chi connectivity index (χ0n) is 16.8. The number of aromatic nitrogens is 2. The van der Waals surface area contributed by atoms with Crippen molar-refractivity contribution in [3.63, 3.8) is 0 Å². The molecule has 0 spiro atoms. The van der Waals surface area contributed by atoms with Gasteiger partial charge < -0.3 is 15.4 Å². The summed E-state index contributed by atoms with van der Waals surface area (Å²) in [4.78, 5) is 35.0. The number of amides is 2. The summed E-state index contributed by atoms with van der Waals surface area (Å²) in [5.74, 6) is 1.46. The van der Waals surface area contributed by atoms with Crippen LogP contribution in [0.1, 0.15) is 5.56 Å². The van der Waals surface area contributed by atoms with Gasteiger partial charge in [0.1, 0.15) is 5.82 Å². The largest absolute Gasteiger partial charge is 0.481 e. The van der Waals surface area contributed by atoms with Crippen molar-refractivity contribution in [2.45, 2.75) is 6.54 Å². The topological polar surface area (TPSA) is 99.7 Å². The van der Waals surface area contributed by atoms with Crippen LogP contribution in [0.2, 0.25) is 0 Å². The number of rotatable bonds is 4. The lowest BCUT2D eigenvalue weighted by Gasteiger charge is -2.33. The minimum absolute atomic E-state index is 0.0625. The van der Waals surface area contributed by atoms with E-state index in [-0.39, 0.29) is 11.8 Å². The maximum atomic E-state index is 12.4. The van der Waals surface area contributed by atoms with Crippen LogP contribution in [0.5, 0.6) is 5.88 Å². The highest BCUT2D eigenvalue weighted by Crippen LogP contribution is 2.18. The predicted molar refractivity (Wildman–Crippen MR) is 116 cm³/mol. The number of pyridine rings is 2. The first kappa shape index (κ1) is 22.1. The Labute approximate surface area is 183 Å². The molecule has 30 heavy (non-hydrogen) atoms. The third-order valence-electron chi connectivity index (χ3n) is 4.61. The van der Waals surface area contributed by atoms with E-state index in [1.54, 1.807) is 24.4 Å². The molecule has 160 valence electrons. The van der Waals surface area contributed by atoms with Crippen LogP contribution in [-0.4, -0.2) is 73.1 Å². The quantitative estimate of drug-likeness (QED) is 0.672. The van der Waals surface area contributed by atoms with Gasteiger partial charge in [0, 0.05) is 55.7 Å². The highest BCUT2D eigenvalue weighted by Gasteiger charge is 2.25. The summed E-state index contributed by atoms with van der Waals surface area (Å²) in [5.41, 5.74) is 1.06. The molecule has 2 N–H and O–H groups in total. The van der Waals surface area contributed by atoms with Gasteiger partial charge in [-0.2, -0.15) is 0 Å². The fourth-order valence-electron chi connectivity index (χ4n) is 3.06. The molecule has 2 aliphatic heterocycles. The molecule has 2 aliphatic rings. The number of carbonyl (C=O) groups excluding carboxylic acids is 2. The van der Waals surface area contributed by atoms with E-state index in [2.05, 4.69) is 41.4 Å². The molecule has 0 unspecified atom stereocenters. The van der Waals surface area contributed by atoms with Crippen LogP contribution in [0, 0.1) is 0 Å². The zero-order valence-corrected chi connectivity index (χ0v) is 18.4. The number of anilines is 1. The van der Waals surface area contributed by atoms with E-state index in [9.17, 15) is 9.59 Å². The van der Waals surface area contributed by atoms with Crippen LogP contribution in [-0.2, 0) is 16.1 Å². The molecule has 9 nitrogen and oxygen atoms in total. The Morgan fingerprint density at radius 1 is 1.10 bits per heavy atom. The second-order valence-corrected chi connectivity index (χ2v) is 7.74. The van der Waals surface area contributed by atoms with Gasteiger partial charge in [0.05, 0.1) is 20.2 Å². The van der Waals surface area contributed by atoms with Gasteiger partial charge in [-0.05, 0) is 33.6 Å². The minimum atomic E-state index is 0.0625.